The van der Waals surface area contributed by atoms with Crippen molar-refractivity contribution >= 4 is 29.1 Å². The Bertz CT molecular complexity index is 761. The summed E-state index contributed by atoms with van der Waals surface area (Å²) in [6.45, 7) is 3.30. The van der Waals surface area contributed by atoms with Crippen molar-refractivity contribution in [3.8, 4) is 0 Å². The molecule has 0 bridgehead atoms. The molecule has 3 rings (SSSR count). The maximum atomic E-state index is 12.6. The topological polar surface area (TPSA) is 46.3 Å². The fraction of sp³-hybridized carbons (Fsp3) is 0.278. The molecular weight excluding hydrogens is 331 g/mol. The second-order valence-corrected chi connectivity index (χ2v) is 6.86. The third-order valence-corrected chi connectivity index (χ3v) is 4.75. The number of rotatable bonds is 3. The van der Waals surface area contributed by atoms with E-state index in [1.54, 1.807) is 17.0 Å². The highest BCUT2D eigenvalue weighted by Crippen LogP contribution is 2.26. The van der Waals surface area contributed by atoms with Crippen LogP contribution in [0.25, 0.3) is 0 Å². The van der Waals surface area contributed by atoms with E-state index in [-0.39, 0.29) is 5.91 Å². The number of amides is 1. The van der Waals surface area contributed by atoms with Crippen molar-refractivity contribution in [3.63, 3.8) is 0 Å². The Morgan fingerprint density at radius 2 is 1.91 bits per heavy atom. The van der Waals surface area contributed by atoms with Crippen LogP contribution < -0.4 is 5.73 Å². The van der Waals surface area contributed by atoms with Crippen LogP contribution >= 0.6 is 23.2 Å². The maximum absolute atomic E-state index is 12.6. The number of nitrogens with two attached hydrogens (primary N) is 1. The first-order valence-corrected chi connectivity index (χ1v) is 8.26. The number of nitrogens with zero attached hydrogens (tertiary/aromatic N) is 1. The summed E-state index contributed by atoms with van der Waals surface area (Å²) in [6, 6.07) is 10.9. The van der Waals surface area contributed by atoms with Gasteiger partial charge in [-0.1, -0.05) is 53.0 Å². The van der Waals surface area contributed by atoms with E-state index in [2.05, 4.69) is 25.1 Å². The fourth-order valence-electron chi connectivity index (χ4n) is 2.93. The summed E-state index contributed by atoms with van der Waals surface area (Å²) >= 11 is 12.1. The Morgan fingerprint density at radius 3 is 2.65 bits per heavy atom. The van der Waals surface area contributed by atoms with Gasteiger partial charge in [-0.2, -0.15) is 0 Å². The van der Waals surface area contributed by atoms with E-state index in [1.165, 1.54) is 16.7 Å². The Labute approximate surface area is 146 Å². The van der Waals surface area contributed by atoms with Crippen LogP contribution in [0.1, 0.15) is 22.3 Å². The Kier molecular flexibility index (Phi) is 4.62. The van der Waals surface area contributed by atoms with Crippen LogP contribution in [0.15, 0.2) is 36.4 Å². The van der Waals surface area contributed by atoms with Gasteiger partial charge in [0.1, 0.15) is 0 Å². The van der Waals surface area contributed by atoms with Crippen molar-refractivity contribution in [2.45, 2.75) is 32.5 Å². The van der Waals surface area contributed by atoms with E-state index in [4.69, 9.17) is 28.9 Å². The molecule has 0 aliphatic carbocycles. The highest BCUT2D eigenvalue weighted by Gasteiger charge is 2.27. The minimum Gasteiger partial charge on any atom is -0.333 e. The quantitative estimate of drug-likeness (QED) is 0.918. The van der Waals surface area contributed by atoms with Crippen molar-refractivity contribution in [1.82, 2.24) is 4.90 Å². The molecule has 5 heteroatoms. The number of fused-ring (bicyclic) bond motifs is 1. The number of halogens is 2. The summed E-state index contributed by atoms with van der Waals surface area (Å²) in [4.78, 5) is 14.4. The van der Waals surface area contributed by atoms with E-state index in [0.29, 0.717) is 29.6 Å². The lowest BCUT2D eigenvalue weighted by Crippen LogP contribution is -2.42. The molecule has 1 aliphatic heterocycles. The first kappa shape index (κ1) is 16.3. The van der Waals surface area contributed by atoms with E-state index in [0.717, 1.165) is 5.56 Å². The van der Waals surface area contributed by atoms with Gasteiger partial charge in [-0.25, -0.2) is 0 Å². The molecule has 1 atom stereocenters. The molecule has 23 heavy (non-hydrogen) atoms. The molecule has 1 unspecified atom stereocenters. The highest BCUT2D eigenvalue weighted by molar-refractivity contribution is 6.35. The molecule has 120 valence electrons. The van der Waals surface area contributed by atoms with Crippen LogP contribution in [0.2, 0.25) is 10.0 Å². The second-order valence-electron chi connectivity index (χ2n) is 6.01. The number of hydrogen-bond donors (Lipinski definition) is 1. The maximum Gasteiger partial charge on any atom is 0.240 e. The standard InChI is InChI=1S/C18H18Cl2N2O/c1-11-2-3-13-9-22(10-14(13)6-11)18(23)17(21)7-12-4-5-15(19)8-16(12)20/h2-6,8,17H,7,9-10,21H2,1H3. The summed E-state index contributed by atoms with van der Waals surface area (Å²) in [7, 11) is 0. The van der Waals surface area contributed by atoms with Crippen LogP contribution in [0.4, 0.5) is 0 Å². The zero-order chi connectivity index (χ0) is 16.6. The van der Waals surface area contributed by atoms with Gasteiger partial charge in [0.15, 0.2) is 0 Å². The molecule has 0 saturated carbocycles. The SMILES string of the molecule is Cc1ccc2c(c1)CN(C(=O)C(N)Cc1ccc(Cl)cc1Cl)C2. The zero-order valence-electron chi connectivity index (χ0n) is 12.9. The lowest BCUT2D eigenvalue weighted by Gasteiger charge is -2.20. The van der Waals surface area contributed by atoms with Gasteiger partial charge in [0, 0.05) is 23.1 Å². The van der Waals surface area contributed by atoms with Crippen LogP contribution in [0.5, 0.6) is 0 Å². The van der Waals surface area contributed by atoms with Crippen LogP contribution in [-0.2, 0) is 24.3 Å². The third kappa shape index (κ3) is 3.52. The monoisotopic (exact) mass is 348 g/mol. The Morgan fingerprint density at radius 1 is 1.17 bits per heavy atom. The molecule has 2 aromatic rings. The van der Waals surface area contributed by atoms with Crippen molar-refractivity contribution in [1.29, 1.82) is 0 Å². The van der Waals surface area contributed by atoms with Gasteiger partial charge < -0.3 is 10.6 Å². The van der Waals surface area contributed by atoms with Crippen LogP contribution in [-0.4, -0.2) is 16.8 Å². The molecule has 0 radical (unpaired) electrons. The lowest BCUT2D eigenvalue weighted by molar-refractivity contribution is -0.133. The highest BCUT2D eigenvalue weighted by atomic mass is 35.5. The summed E-state index contributed by atoms with van der Waals surface area (Å²) < 4.78 is 0. The first-order valence-electron chi connectivity index (χ1n) is 7.51. The molecule has 1 heterocycles. The molecule has 2 N–H and O–H groups in total. The average molecular weight is 349 g/mol. The van der Waals surface area contributed by atoms with Crippen molar-refractivity contribution < 1.29 is 4.79 Å². The lowest BCUT2D eigenvalue weighted by atomic mass is 10.1. The third-order valence-electron chi connectivity index (χ3n) is 4.17. The molecule has 0 fully saturated rings. The zero-order valence-corrected chi connectivity index (χ0v) is 14.4. The van der Waals surface area contributed by atoms with E-state index in [9.17, 15) is 4.79 Å². The predicted molar refractivity (Wildman–Crippen MR) is 93.6 cm³/mol. The minimum atomic E-state index is -0.607. The molecule has 3 nitrogen and oxygen atoms in total. The second kappa shape index (κ2) is 6.52. The van der Waals surface area contributed by atoms with Crippen molar-refractivity contribution in [2.24, 2.45) is 5.73 Å². The number of aryl methyl sites for hydroxylation is 1. The van der Waals surface area contributed by atoms with Gasteiger partial charge in [-0.15, -0.1) is 0 Å². The Hall–Kier alpha value is -1.55. The molecule has 2 aromatic carbocycles. The predicted octanol–water partition coefficient (Wildman–Crippen LogP) is 3.71. The van der Waals surface area contributed by atoms with E-state index < -0.39 is 6.04 Å². The summed E-state index contributed by atoms with van der Waals surface area (Å²) in [5, 5.41) is 1.12. The number of carbonyl (C=O) groups is 1. The summed E-state index contributed by atoms with van der Waals surface area (Å²) in [5.74, 6) is -0.0510. The van der Waals surface area contributed by atoms with Gasteiger partial charge in [-0.3, -0.25) is 4.79 Å². The molecular formula is C18H18Cl2N2O. The van der Waals surface area contributed by atoms with Crippen LogP contribution in [0.3, 0.4) is 0 Å². The molecule has 0 spiro atoms. The summed E-state index contributed by atoms with van der Waals surface area (Å²) in [5.41, 5.74) is 10.6. The van der Waals surface area contributed by atoms with Gasteiger partial charge in [0.25, 0.3) is 0 Å². The molecule has 0 aromatic heterocycles. The number of benzene rings is 2. The van der Waals surface area contributed by atoms with Crippen molar-refractivity contribution in [3.05, 3.63) is 68.7 Å². The van der Waals surface area contributed by atoms with Gasteiger partial charge in [0.2, 0.25) is 5.91 Å². The number of hydrogen-bond acceptors (Lipinski definition) is 2. The van der Waals surface area contributed by atoms with Gasteiger partial charge in [-0.05, 0) is 42.2 Å². The molecule has 1 aliphatic rings. The van der Waals surface area contributed by atoms with E-state index in [1.807, 2.05) is 6.07 Å². The number of carbonyl (C=O) groups excluding carboxylic acids is 1. The normalized spacial score (nSPS) is 14.7. The molecule has 0 saturated heterocycles. The smallest absolute Gasteiger partial charge is 0.240 e. The minimum absolute atomic E-state index is 0.0510. The Balaban J connectivity index is 1.69. The largest absolute Gasteiger partial charge is 0.333 e. The van der Waals surface area contributed by atoms with Crippen molar-refractivity contribution in [2.75, 3.05) is 0 Å². The van der Waals surface area contributed by atoms with E-state index >= 15 is 0 Å². The first-order chi connectivity index (χ1) is 10.9. The van der Waals surface area contributed by atoms with Crippen LogP contribution in [0, 0.1) is 6.92 Å². The summed E-state index contributed by atoms with van der Waals surface area (Å²) in [6.07, 6.45) is 0.403. The van der Waals surface area contributed by atoms with Gasteiger partial charge >= 0.3 is 0 Å². The van der Waals surface area contributed by atoms with Gasteiger partial charge in [0.05, 0.1) is 6.04 Å². The fourth-order valence-corrected chi connectivity index (χ4v) is 3.41. The molecule has 1 amide bonds. The average Bonchev–Trinajstić information content (AvgIpc) is 2.92.